The highest BCUT2D eigenvalue weighted by atomic mass is 16.5. The lowest BCUT2D eigenvalue weighted by molar-refractivity contribution is -0.379. The number of benzene rings is 4. The first-order valence-corrected chi connectivity index (χ1v) is 12.4. The molecule has 36 heavy (non-hydrogen) atoms. The largest absolute Gasteiger partial charge is 0.389 e. The van der Waals surface area contributed by atoms with Crippen molar-refractivity contribution >= 4 is 16.5 Å². The molecule has 3 N–H and O–H groups in total. The summed E-state index contributed by atoms with van der Waals surface area (Å²) in [5, 5.41) is 18.5. The lowest BCUT2D eigenvalue weighted by Gasteiger charge is -2.28. The number of nitrogens with one attached hydrogen (secondary N) is 2. The van der Waals surface area contributed by atoms with E-state index in [1.807, 2.05) is 48.5 Å². The van der Waals surface area contributed by atoms with Crippen molar-refractivity contribution in [2.75, 3.05) is 13.2 Å². The quantitative estimate of drug-likeness (QED) is 0.280. The maximum absolute atomic E-state index is 10.9. The summed E-state index contributed by atoms with van der Waals surface area (Å²) < 4.78 is 6.08. The van der Waals surface area contributed by atoms with E-state index in [2.05, 4.69) is 61.6 Å². The number of nitroso groups, excluding NO2 is 1. The van der Waals surface area contributed by atoms with E-state index < -0.39 is 6.10 Å². The van der Waals surface area contributed by atoms with Crippen molar-refractivity contribution in [3.8, 4) is 11.1 Å². The molecule has 5 heteroatoms. The Morgan fingerprint density at radius 1 is 0.917 bits per heavy atom. The molecule has 0 bridgehead atoms. The Labute approximate surface area is 213 Å². The fourth-order valence-corrected chi connectivity index (χ4v) is 4.55. The van der Waals surface area contributed by atoms with Gasteiger partial charge in [-0.05, 0) is 72.4 Å². The van der Waals surface area contributed by atoms with Crippen LogP contribution in [0.2, 0.25) is 0 Å². The van der Waals surface area contributed by atoms with Crippen LogP contribution in [0.4, 0.5) is 5.69 Å². The Bertz CT molecular complexity index is 1300. The highest BCUT2D eigenvalue weighted by Crippen LogP contribution is 2.30. The van der Waals surface area contributed by atoms with Crippen molar-refractivity contribution < 1.29 is 15.0 Å². The Morgan fingerprint density at radius 2 is 1.61 bits per heavy atom. The average molecular weight is 484 g/mol. The lowest BCUT2D eigenvalue weighted by Crippen LogP contribution is -2.55. The Hall–Kier alpha value is -3.38. The minimum absolute atomic E-state index is 0.174. The van der Waals surface area contributed by atoms with Gasteiger partial charge in [-0.1, -0.05) is 66.7 Å². The van der Waals surface area contributed by atoms with Gasteiger partial charge in [0.05, 0.1) is 18.8 Å². The fraction of sp³-hybridized carbons (Fsp3) is 0.290. The summed E-state index contributed by atoms with van der Waals surface area (Å²) in [4.78, 5) is 10.9. The molecule has 4 rings (SSSR count). The first-order valence-electron chi connectivity index (χ1n) is 12.4. The molecule has 2 atom stereocenters. The third-order valence-corrected chi connectivity index (χ3v) is 6.53. The van der Waals surface area contributed by atoms with Gasteiger partial charge in [-0.3, -0.25) is 0 Å². The smallest absolute Gasteiger partial charge is 0.253 e. The second-order valence-corrected chi connectivity index (χ2v) is 10.0. The highest BCUT2D eigenvalue weighted by molar-refractivity contribution is 5.83. The number of ether oxygens (including phenoxy) is 1. The number of β-amino-alcohol motifs (C(OH)–C–C–N with tert-alkyl or cyclic N) is 1. The van der Waals surface area contributed by atoms with Crippen LogP contribution in [-0.2, 0) is 11.2 Å². The van der Waals surface area contributed by atoms with Gasteiger partial charge in [0.2, 0.25) is 0 Å². The molecule has 0 fully saturated rings. The molecule has 186 valence electrons. The van der Waals surface area contributed by atoms with Crippen molar-refractivity contribution in [3.05, 3.63) is 107 Å². The maximum atomic E-state index is 10.9. The lowest BCUT2D eigenvalue weighted by atomic mass is 9.93. The molecule has 4 aromatic rings. The third-order valence-electron chi connectivity index (χ3n) is 6.53. The van der Waals surface area contributed by atoms with E-state index in [1.165, 1.54) is 16.3 Å². The van der Waals surface area contributed by atoms with Crippen LogP contribution in [0.1, 0.15) is 38.0 Å². The second kappa shape index (κ2) is 11.6. The molecule has 0 saturated heterocycles. The predicted molar refractivity (Wildman–Crippen MR) is 146 cm³/mol. The number of rotatable bonds is 11. The number of fused-ring (bicyclic) bond motifs is 1. The minimum Gasteiger partial charge on any atom is -0.389 e. The molecule has 5 nitrogen and oxygen atoms in total. The highest BCUT2D eigenvalue weighted by Gasteiger charge is 2.20. The van der Waals surface area contributed by atoms with Crippen LogP contribution in [0, 0.1) is 4.91 Å². The molecule has 0 saturated carbocycles. The standard InChI is InChI=1S/C31H34N2O3/c1-22(29-10-6-7-11-30(29)25-14-16-27(33-35)17-15-25)36-21-28(34)20-32-31(2,3)19-23-12-13-24-8-4-5-9-26(24)18-23/h4-18,22,28,32,34H,19-21H2,1-3H3/p+1/t22-,28-/m1/s1. The van der Waals surface area contributed by atoms with E-state index in [9.17, 15) is 10.0 Å². The van der Waals surface area contributed by atoms with Gasteiger partial charge in [-0.2, -0.15) is 0 Å². The molecule has 0 unspecified atom stereocenters. The summed E-state index contributed by atoms with van der Waals surface area (Å²) in [6.45, 7) is 6.98. The van der Waals surface area contributed by atoms with Gasteiger partial charge in [0.1, 0.15) is 0 Å². The van der Waals surface area contributed by atoms with E-state index in [4.69, 9.17) is 4.74 Å². The first kappa shape index (κ1) is 25.7. The predicted octanol–water partition coefficient (Wildman–Crippen LogP) is 5.03. The number of aliphatic hydroxyl groups is 1. The SMILES string of the molecule is C[C@@H](OC[C@H](O)CNC(C)(C)Cc1ccc2ccccc2c1)c1ccccc1-c1ccc([NH+]=O)cc1. The summed E-state index contributed by atoms with van der Waals surface area (Å²) in [6.07, 6.45) is 0.0345. The maximum Gasteiger partial charge on any atom is 0.253 e. The second-order valence-electron chi connectivity index (χ2n) is 10.0. The summed E-state index contributed by atoms with van der Waals surface area (Å²) in [7, 11) is 0. The number of hydrogen-bond donors (Lipinski definition) is 3. The third kappa shape index (κ3) is 6.64. The van der Waals surface area contributed by atoms with Gasteiger partial charge in [0, 0.05) is 34.3 Å². The first-order chi connectivity index (χ1) is 17.3. The Balaban J connectivity index is 1.31. The zero-order chi connectivity index (χ0) is 25.5. The number of hydrogen-bond acceptors (Lipinski definition) is 4. The summed E-state index contributed by atoms with van der Waals surface area (Å²) in [6, 6.07) is 30.4. The van der Waals surface area contributed by atoms with Crippen LogP contribution in [0.5, 0.6) is 0 Å². The van der Waals surface area contributed by atoms with Gasteiger partial charge < -0.3 is 15.2 Å². The summed E-state index contributed by atoms with van der Waals surface area (Å²) in [5.41, 5.74) is 4.72. The monoisotopic (exact) mass is 483 g/mol. The molecule has 0 aliphatic rings. The molecule has 0 heterocycles. The van der Waals surface area contributed by atoms with Crippen LogP contribution in [0.25, 0.3) is 21.9 Å². The van der Waals surface area contributed by atoms with E-state index in [0.717, 1.165) is 23.1 Å². The van der Waals surface area contributed by atoms with Crippen LogP contribution in [0.15, 0.2) is 91.0 Å². The summed E-state index contributed by atoms with van der Waals surface area (Å²) >= 11 is 0. The molecule has 4 aromatic carbocycles. The van der Waals surface area contributed by atoms with Gasteiger partial charge >= 0.3 is 0 Å². The zero-order valence-electron chi connectivity index (χ0n) is 21.2. The van der Waals surface area contributed by atoms with Crippen molar-refractivity contribution in [2.24, 2.45) is 0 Å². The Kier molecular flexibility index (Phi) is 8.26. The van der Waals surface area contributed by atoms with E-state index >= 15 is 0 Å². The van der Waals surface area contributed by atoms with E-state index in [-0.39, 0.29) is 18.2 Å². The van der Waals surface area contributed by atoms with Gasteiger partial charge in [0.15, 0.2) is 0 Å². The Morgan fingerprint density at radius 3 is 2.36 bits per heavy atom. The van der Waals surface area contributed by atoms with E-state index in [1.54, 1.807) is 12.1 Å². The van der Waals surface area contributed by atoms with Gasteiger partial charge in [0.25, 0.3) is 5.69 Å². The minimum atomic E-state index is -0.627. The normalized spacial score (nSPS) is 13.4. The molecule has 0 aliphatic carbocycles. The van der Waals surface area contributed by atoms with Crippen molar-refractivity contribution in [3.63, 3.8) is 0 Å². The van der Waals surface area contributed by atoms with Crippen LogP contribution >= 0.6 is 0 Å². The van der Waals surface area contributed by atoms with Gasteiger partial charge in [-0.25, -0.2) is 0 Å². The van der Waals surface area contributed by atoms with Crippen LogP contribution in [0.3, 0.4) is 0 Å². The molecule has 0 radical (unpaired) electrons. The topological polar surface area (TPSA) is 72.5 Å². The molecule has 0 amide bonds. The molecular formula is C31H35N2O3+. The average Bonchev–Trinajstić information content (AvgIpc) is 2.90. The molecular weight excluding hydrogens is 448 g/mol. The van der Waals surface area contributed by atoms with Crippen LogP contribution < -0.4 is 10.5 Å². The summed E-state index contributed by atoms with van der Waals surface area (Å²) in [5.74, 6) is 0. The van der Waals surface area contributed by atoms with Crippen molar-refractivity contribution in [1.82, 2.24) is 5.32 Å². The number of aliphatic hydroxyl groups excluding tert-OH is 1. The van der Waals surface area contributed by atoms with Crippen LogP contribution in [-0.4, -0.2) is 29.9 Å². The van der Waals surface area contributed by atoms with Crippen molar-refractivity contribution in [2.45, 2.75) is 44.9 Å². The molecule has 0 aromatic heterocycles. The van der Waals surface area contributed by atoms with Gasteiger partial charge in [-0.15, -0.1) is 0 Å². The zero-order valence-corrected chi connectivity index (χ0v) is 21.2. The van der Waals surface area contributed by atoms with E-state index in [0.29, 0.717) is 12.2 Å². The molecule has 0 aliphatic heterocycles. The fourth-order valence-electron chi connectivity index (χ4n) is 4.55. The molecule has 0 spiro atoms. The van der Waals surface area contributed by atoms with Crippen molar-refractivity contribution in [1.29, 1.82) is 0 Å².